The Labute approximate surface area is 147 Å². The Bertz CT molecular complexity index is 500. The Kier molecular flexibility index (Phi) is 8.28. The fraction of sp³-hybridized carbons (Fsp3) is 0.400. The first-order valence-corrected chi connectivity index (χ1v) is 7.15. The zero-order chi connectivity index (χ0) is 15.4. The summed E-state index contributed by atoms with van der Waals surface area (Å²) in [7, 11) is 0. The summed E-state index contributed by atoms with van der Waals surface area (Å²) in [6.07, 6.45) is 0. The summed E-state index contributed by atoms with van der Waals surface area (Å²) in [6.45, 7) is 17.1. The molecule has 108 valence electrons. The largest absolute Gasteiger partial charge is 2.00 e. The van der Waals surface area contributed by atoms with Crippen LogP contribution < -0.4 is 0 Å². The summed E-state index contributed by atoms with van der Waals surface area (Å²) < 4.78 is 0. The van der Waals surface area contributed by atoms with Gasteiger partial charge in [0, 0.05) is 0 Å². The van der Waals surface area contributed by atoms with E-state index in [2.05, 4.69) is 79.7 Å². The molecule has 2 aromatic carbocycles. The van der Waals surface area contributed by atoms with E-state index < -0.39 is 0 Å². The minimum atomic E-state index is 0. The van der Waals surface area contributed by atoms with Crippen LogP contribution >= 0.6 is 0 Å². The molecule has 2 aromatic rings. The van der Waals surface area contributed by atoms with E-state index in [0.29, 0.717) is 0 Å². The fourth-order valence-electron chi connectivity index (χ4n) is 2.02. The molecule has 0 atom stereocenters. The van der Waals surface area contributed by atoms with E-state index in [4.69, 9.17) is 0 Å². The van der Waals surface area contributed by atoms with Crippen molar-refractivity contribution in [1.82, 2.24) is 0 Å². The molecule has 0 nitrogen and oxygen atoms in total. The topological polar surface area (TPSA) is 0 Å². The summed E-state index contributed by atoms with van der Waals surface area (Å²) >= 11 is 0. The molecule has 0 aromatic heterocycles. The number of rotatable bonds is 0. The van der Waals surface area contributed by atoms with Crippen molar-refractivity contribution >= 4 is 23.1 Å². The van der Waals surface area contributed by atoms with Gasteiger partial charge < -0.3 is 0 Å². The number of hydrogen-bond acceptors (Lipinski definition) is 0. The molecule has 0 fully saturated rings. The van der Waals surface area contributed by atoms with Gasteiger partial charge in [-0.25, -0.2) is 0 Å². The first-order valence-electron chi connectivity index (χ1n) is 7.15. The summed E-state index contributed by atoms with van der Waals surface area (Å²) in [6, 6.07) is 10.5. The molecule has 0 saturated carbocycles. The van der Waals surface area contributed by atoms with Crippen molar-refractivity contribution in [3.8, 4) is 0 Å². The van der Waals surface area contributed by atoms with Crippen LogP contribution in [0, 0.1) is 67.5 Å². The van der Waals surface area contributed by atoms with E-state index in [-0.39, 0.29) is 23.1 Å². The standard InChI is InChI=1S/2C10H13.Mg/c2*1-7-5-6-8(2)10(4)9(7)3;/h2*5H,1-4H3;/q2*-1;+2. The van der Waals surface area contributed by atoms with Gasteiger partial charge in [0.1, 0.15) is 0 Å². The Hall–Kier alpha value is -0.794. The van der Waals surface area contributed by atoms with Gasteiger partial charge in [-0.15, -0.1) is 0 Å². The van der Waals surface area contributed by atoms with Gasteiger partial charge >= 0.3 is 23.1 Å². The molecular weight excluding hydrogens is 265 g/mol. The van der Waals surface area contributed by atoms with Crippen LogP contribution in [-0.4, -0.2) is 23.1 Å². The van der Waals surface area contributed by atoms with Crippen LogP contribution in [0.25, 0.3) is 0 Å². The second-order valence-corrected chi connectivity index (χ2v) is 5.69. The third-order valence-corrected chi connectivity index (χ3v) is 4.44. The van der Waals surface area contributed by atoms with Crippen molar-refractivity contribution in [1.29, 1.82) is 0 Å². The Balaban J connectivity index is 0.000000364. The van der Waals surface area contributed by atoms with Crippen molar-refractivity contribution in [2.45, 2.75) is 55.4 Å². The van der Waals surface area contributed by atoms with Crippen molar-refractivity contribution < 1.29 is 0 Å². The zero-order valence-electron chi connectivity index (χ0n) is 14.9. The minimum Gasteiger partial charge on any atom is -0.180 e. The molecule has 0 bridgehead atoms. The van der Waals surface area contributed by atoms with Crippen LogP contribution in [0.5, 0.6) is 0 Å². The van der Waals surface area contributed by atoms with Gasteiger partial charge in [0.15, 0.2) is 0 Å². The van der Waals surface area contributed by atoms with Crippen LogP contribution in [0.4, 0.5) is 0 Å². The smallest absolute Gasteiger partial charge is 0.180 e. The number of hydrogen-bond donors (Lipinski definition) is 0. The van der Waals surface area contributed by atoms with Crippen molar-refractivity contribution in [2.24, 2.45) is 0 Å². The third kappa shape index (κ3) is 5.16. The predicted molar refractivity (Wildman–Crippen MR) is 94.2 cm³/mol. The molecular formula is C20H26Mg. The van der Waals surface area contributed by atoms with E-state index in [1.54, 1.807) is 0 Å². The molecule has 0 heterocycles. The molecule has 0 aliphatic heterocycles. The van der Waals surface area contributed by atoms with E-state index in [9.17, 15) is 0 Å². The summed E-state index contributed by atoms with van der Waals surface area (Å²) in [5, 5.41) is 0. The fourth-order valence-corrected chi connectivity index (χ4v) is 2.02. The molecule has 0 saturated heterocycles. The molecule has 1 heteroatoms. The summed E-state index contributed by atoms with van der Waals surface area (Å²) in [5.41, 5.74) is 10.8. The normalized spacial score (nSPS) is 9.52. The van der Waals surface area contributed by atoms with Crippen molar-refractivity contribution in [3.05, 3.63) is 68.8 Å². The molecule has 0 spiro atoms. The van der Waals surface area contributed by atoms with Gasteiger partial charge in [0.25, 0.3) is 0 Å². The van der Waals surface area contributed by atoms with Gasteiger partial charge in [-0.2, -0.15) is 68.8 Å². The van der Waals surface area contributed by atoms with Crippen LogP contribution in [0.1, 0.15) is 44.5 Å². The molecule has 21 heavy (non-hydrogen) atoms. The molecule has 0 aliphatic carbocycles. The van der Waals surface area contributed by atoms with Gasteiger partial charge in [-0.05, 0) is 0 Å². The second-order valence-electron chi connectivity index (χ2n) is 5.69. The van der Waals surface area contributed by atoms with Crippen LogP contribution in [0.15, 0.2) is 12.1 Å². The first-order chi connectivity index (χ1) is 9.25. The zero-order valence-corrected chi connectivity index (χ0v) is 16.3. The number of benzene rings is 2. The molecule has 0 radical (unpaired) electrons. The van der Waals surface area contributed by atoms with E-state index in [1.807, 2.05) is 0 Å². The molecule has 2 rings (SSSR count). The van der Waals surface area contributed by atoms with Crippen LogP contribution in [0.2, 0.25) is 0 Å². The Morgan fingerprint density at radius 2 is 0.810 bits per heavy atom. The van der Waals surface area contributed by atoms with Gasteiger partial charge in [0.2, 0.25) is 0 Å². The average molecular weight is 291 g/mol. The van der Waals surface area contributed by atoms with E-state index >= 15 is 0 Å². The van der Waals surface area contributed by atoms with E-state index in [0.717, 1.165) is 0 Å². The average Bonchev–Trinajstić information content (AvgIpc) is 2.43. The minimum absolute atomic E-state index is 0. The predicted octanol–water partition coefficient (Wildman–Crippen LogP) is 5.06. The molecule has 0 amide bonds. The van der Waals surface area contributed by atoms with Gasteiger partial charge in [-0.1, -0.05) is 55.4 Å². The Morgan fingerprint density at radius 1 is 0.524 bits per heavy atom. The van der Waals surface area contributed by atoms with Crippen LogP contribution in [0.3, 0.4) is 0 Å². The molecule has 0 aliphatic rings. The molecule has 0 N–H and O–H groups in total. The maximum Gasteiger partial charge on any atom is 2.00 e. The van der Waals surface area contributed by atoms with Gasteiger partial charge in [-0.3, -0.25) is 0 Å². The van der Waals surface area contributed by atoms with Crippen LogP contribution in [-0.2, 0) is 0 Å². The summed E-state index contributed by atoms with van der Waals surface area (Å²) in [4.78, 5) is 0. The van der Waals surface area contributed by atoms with Gasteiger partial charge in [0.05, 0.1) is 0 Å². The Morgan fingerprint density at radius 3 is 1.05 bits per heavy atom. The van der Waals surface area contributed by atoms with E-state index in [1.165, 1.54) is 44.5 Å². The van der Waals surface area contributed by atoms with Crippen molar-refractivity contribution in [2.75, 3.05) is 0 Å². The molecule has 0 unspecified atom stereocenters. The number of aryl methyl sites for hydroxylation is 4. The maximum atomic E-state index is 3.21. The quantitative estimate of drug-likeness (QED) is 0.470. The monoisotopic (exact) mass is 290 g/mol. The summed E-state index contributed by atoms with van der Waals surface area (Å²) in [5.74, 6) is 0. The first kappa shape index (κ1) is 20.2. The SMILES string of the molecule is Cc1[c-]cc(C)c(C)c1C.Cc1[c-]cc(C)c(C)c1C.[Mg+2]. The van der Waals surface area contributed by atoms with Crippen molar-refractivity contribution in [3.63, 3.8) is 0 Å². The third-order valence-electron chi connectivity index (χ3n) is 4.44. The second kappa shape index (κ2) is 8.60. The maximum absolute atomic E-state index is 3.21.